The van der Waals surface area contributed by atoms with Gasteiger partial charge in [-0.25, -0.2) is 9.97 Å². The Balaban J connectivity index is 1.65. The van der Waals surface area contributed by atoms with E-state index in [-0.39, 0.29) is 0 Å². The van der Waals surface area contributed by atoms with Crippen LogP contribution in [-0.4, -0.2) is 62.4 Å². The Hall–Kier alpha value is -2.54. The molecular formula is C19H26N4O3. The second-order valence-corrected chi connectivity index (χ2v) is 6.36. The van der Waals surface area contributed by atoms with Gasteiger partial charge in [0.25, 0.3) is 0 Å². The molecule has 0 N–H and O–H groups in total. The lowest BCUT2D eigenvalue weighted by Crippen LogP contribution is -2.46. The Labute approximate surface area is 154 Å². The van der Waals surface area contributed by atoms with Crippen LogP contribution >= 0.6 is 0 Å². The molecule has 0 amide bonds. The van der Waals surface area contributed by atoms with Gasteiger partial charge < -0.3 is 19.1 Å². The average molecular weight is 358 g/mol. The molecule has 2 aromatic rings. The van der Waals surface area contributed by atoms with E-state index < -0.39 is 0 Å². The summed E-state index contributed by atoms with van der Waals surface area (Å²) in [6, 6.07) is 4.02. The van der Waals surface area contributed by atoms with E-state index in [9.17, 15) is 0 Å². The number of piperazine rings is 1. The van der Waals surface area contributed by atoms with Crippen molar-refractivity contribution in [2.24, 2.45) is 0 Å². The molecule has 0 saturated carbocycles. The van der Waals surface area contributed by atoms with Crippen molar-refractivity contribution in [3.63, 3.8) is 0 Å². The Morgan fingerprint density at radius 1 is 0.885 bits per heavy atom. The first kappa shape index (κ1) is 18.3. The lowest BCUT2D eigenvalue weighted by molar-refractivity contribution is 0.247. The van der Waals surface area contributed by atoms with Crippen LogP contribution in [0, 0.1) is 6.92 Å². The first-order valence-corrected chi connectivity index (χ1v) is 8.69. The smallest absolute Gasteiger partial charge is 0.225 e. The van der Waals surface area contributed by atoms with E-state index in [2.05, 4.69) is 19.8 Å². The Bertz CT molecular complexity index is 703. The third kappa shape index (κ3) is 3.99. The lowest BCUT2D eigenvalue weighted by Gasteiger charge is -2.34. The highest BCUT2D eigenvalue weighted by atomic mass is 16.5. The van der Waals surface area contributed by atoms with Crippen LogP contribution in [0.15, 0.2) is 24.5 Å². The largest absolute Gasteiger partial charge is 0.493 e. The molecular weight excluding hydrogens is 332 g/mol. The summed E-state index contributed by atoms with van der Waals surface area (Å²) in [5.41, 5.74) is 2.22. The highest BCUT2D eigenvalue weighted by Crippen LogP contribution is 2.38. The number of hydrogen-bond acceptors (Lipinski definition) is 7. The first-order valence-electron chi connectivity index (χ1n) is 8.69. The maximum absolute atomic E-state index is 5.44. The molecule has 0 aliphatic carbocycles. The Morgan fingerprint density at radius 3 is 1.96 bits per heavy atom. The number of ether oxygens (including phenoxy) is 3. The van der Waals surface area contributed by atoms with Crippen LogP contribution in [0.3, 0.4) is 0 Å². The van der Waals surface area contributed by atoms with Gasteiger partial charge in [-0.2, -0.15) is 0 Å². The van der Waals surface area contributed by atoms with Gasteiger partial charge in [0.1, 0.15) is 0 Å². The number of aromatic nitrogens is 2. The van der Waals surface area contributed by atoms with E-state index in [1.54, 1.807) is 21.3 Å². The fourth-order valence-corrected chi connectivity index (χ4v) is 3.14. The molecule has 1 aromatic heterocycles. The lowest BCUT2D eigenvalue weighted by atomic mass is 10.1. The van der Waals surface area contributed by atoms with E-state index in [0.717, 1.165) is 49.8 Å². The molecule has 7 heteroatoms. The standard InChI is InChI=1S/C19H26N4O3/c1-14-11-20-19(21-12-14)23-7-5-22(6-8-23)13-15-9-16(24-2)18(26-4)17(10-15)25-3/h9-12H,5-8,13H2,1-4H3. The van der Waals surface area contributed by atoms with Crippen molar-refractivity contribution >= 4 is 5.95 Å². The zero-order valence-electron chi connectivity index (χ0n) is 15.9. The molecule has 0 atom stereocenters. The number of rotatable bonds is 6. The van der Waals surface area contributed by atoms with Crippen molar-refractivity contribution in [3.05, 3.63) is 35.7 Å². The molecule has 1 aliphatic heterocycles. The predicted octanol–water partition coefficient (Wildman–Crippen LogP) is 2.13. The molecule has 0 spiro atoms. The van der Waals surface area contributed by atoms with E-state index in [1.165, 1.54) is 0 Å². The van der Waals surface area contributed by atoms with Crippen LogP contribution < -0.4 is 19.1 Å². The predicted molar refractivity (Wildman–Crippen MR) is 100 cm³/mol. The molecule has 2 heterocycles. The van der Waals surface area contributed by atoms with Gasteiger partial charge in [0.2, 0.25) is 11.7 Å². The number of benzene rings is 1. The molecule has 0 unspecified atom stereocenters. The SMILES string of the molecule is COc1cc(CN2CCN(c3ncc(C)cn3)CC2)cc(OC)c1OC. The van der Waals surface area contributed by atoms with E-state index in [1.807, 2.05) is 31.5 Å². The topological polar surface area (TPSA) is 60.0 Å². The summed E-state index contributed by atoms with van der Waals surface area (Å²) in [5, 5.41) is 0. The molecule has 1 saturated heterocycles. The van der Waals surface area contributed by atoms with Crippen molar-refractivity contribution in [2.45, 2.75) is 13.5 Å². The minimum Gasteiger partial charge on any atom is -0.493 e. The minimum atomic E-state index is 0.625. The summed E-state index contributed by atoms with van der Waals surface area (Å²) in [7, 11) is 4.90. The van der Waals surface area contributed by atoms with Gasteiger partial charge in [-0.05, 0) is 30.2 Å². The zero-order valence-corrected chi connectivity index (χ0v) is 15.9. The van der Waals surface area contributed by atoms with Gasteiger partial charge in [-0.3, -0.25) is 4.90 Å². The normalized spacial score (nSPS) is 15.0. The van der Waals surface area contributed by atoms with Gasteiger partial charge in [0.05, 0.1) is 21.3 Å². The van der Waals surface area contributed by atoms with Gasteiger partial charge >= 0.3 is 0 Å². The minimum absolute atomic E-state index is 0.625. The molecule has 140 valence electrons. The van der Waals surface area contributed by atoms with Gasteiger partial charge in [0, 0.05) is 45.1 Å². The Morgan fingerprint density at radius 2 is 1.46 bits per heavy atom. The van der Waals surface area contributed by atoms with Crippen molar-refractivity contribution < 1.29 is 14.2 Å². The van der Waals surface area contributed by atoms with Crippen LogP contribution in [0.5, 0.6) is 17.2 Å². The maximum Gasteiger partial charge on any atom is 0.225 e. The monoisotopic (exact) mass is 358 g/mol. The van der Waals surface area contributed by atoms with Crippen LogP contribution in [-0.2, 0) is 6.54 Å². The van der Waals surface area contributed by atoms with Gasteiger partial charge in [0.15, 0.2) is 11.5 Å². The highest BCUT2D eigenvalue weighted by Gasteiger charge is 2.20. The second-order valence-electron chi connectivity index (χ2n) is 6.36. The fraction of sp³-hybridized carbons (Fsp3) is 0.474. The number of hydrogen-bond donors (Lipinski definition) is 0. The summed E-state index contributed by atoms with van der Waals surface area (Å²) in [4.78, 5) is 13.5. The third-order valence-corrected chi connectivity index (χ3v) is 4.55. The summed E-state index contributed by atoms with van der Waals surface area (Å²) in [6.45, 7) is 6.56. The van der Waals surface area contributed by atoms with Crippen molar-refractivity contribution in [1.82, 2.24) is 14.9 Å². The third-order valence-electron chi connectivity index (χ3n) is 4.55. The molecule has 0 radical (unpaired) electrons. The van der Waals surface area contributed by atoms with E-state index in [0.29, 0.717) is 17.2 Å². The maximum atomic E-state index is 5.44. The van der Waals surface area contributed by atoms with Crippen LogP contribution in [0.4, 0.5) is 5.95 Å². The summed E-state index contributed by atoms with van der Waals surface area (Å²) in [5.74, 6) is 2.81. The van der Waals surface area contributed by atoms with Gasteiger partial charge in [-0.15, -0.1) is 0 Å². The fourth-order valence-electron chi connectivity index (χ4n) is 3.14. The summed E-state index contributed by atoms with van der Waals surface area (Å²) >= 11 is 0. The summed E-state index contributed by atoms with van der Waals surface area (Å²) in [6.07, 6.45) is 3.73. The van der Waals surface area contributed by atoms with E-state index >= 15 is 0 Å². The molecule has 1 fully saturated rings. The Kier molecular flexibility index (Phi) is 5.78. The first-order chi connectivity index (χ1) is 12.6. The van der Waals surface area contributed by atoms with E-state index in [4.69, 9.17) is 14.2 Å². The quantitative estimate of drug-likeness (QED) is 0.784. The molecule has 3 rings (SSSR count). The molecule has 7 nitrogen and oxygen atoms in total. The second kappa shape index (κ2) is 8.23. The van der Waals surface area contributed by atoms with Crippen LogP contribution in [0.1, 0.15) is 11.1 Å². The number of anilines is 1. The zero-order chi connectivity index (χ0) is 18.5. The average Bonchev–Trinajstić information content (AvgIpc) is 2.68. The molecule has 1 aliphatic rings. The highest BCUT2D eigenvalue weighted by molar-refractivity contribution is 5.53. The van der Waals surface area contributed by atoms with Crippen molar-refractivity contribution in [3.8, 4) is 17.2 Å². The number of aryl methyl sites for hydroxylation is 1. The molecule has 0 bridgehead atoms. The summed E-state index contributed by atoms with van der Waals surface area (Å²) < 4.78 is 16.3. The molecule has 26 heavy (non-hydrogen) atoms. The van der Waals surface area contributed by atoms with Crippen molar-refractivity contribution in [1.29, 1.82) is 0 Å². The van der Waals surface area contributed by atoms with Crippen LogP contribution in [0.2, 0.25) is 0 Å². The van der Waals surface area contributed by atoms with Gasteiger partial charge in [-0.1, -0.05) is 0 Å². The number of nitrogens with zero attached hydrogens (tertiary/aromatic N) is 4. The van der Waals surface area contributed by atoms with Crippen LogP contribution in [0.25, 0.3) is 0 Å². The number of methoxy groups -OCH3 is 3. The van der Waals surface area contributed by atoms with Crippen molar-refractivity contribution in [2.75, 3.05) is 52.4 Å². The molecule has 1 aromatic carbocycles.